The van der Waals surface area contributed by atoms with Gasteiger partial charge in [-0.05, 0) is 13.8 Å². The first-order valence-electron chi connectivity index (χ1n) is 4.23. The summed E-state index contributed by atoms with van der Waals surface area (Å²) in [5.74, 6) is -0.243. The summed E-state index contributed by atoms with van der Waals surface area (Å²) in [5.41, 5.74) is 5.97. The van der Waals surface area contributed by atoms with Crippen LogP contribution in [0.1, 0.15) is 27.7 Å². The third-order valence-corrected chi connectivity index (χ3v) is 1.56. The molecule has 0 aromatic heterocycles. The summed E-state index contributed by atoms with van der Waals surface area (Å²) < 4.78 is 4.97. The lowest BCUT2D eigenvalue weighted by molar-refractivity contribution is -0.146. The summed E-state index contributed by atoms with van der Waals surface area (Å²) >= 11 is 0. The van der Waals surface area contributed by atoms with E-state index in [-0.39, 0.29) is 18.1 Å². The molecule has 2 N–H and O–H groups in total. The zero-order chi connectivity index (χ0) is 9.56. The minimum absolute atomic E-state index is 0.110. The number of ether oxygens (including phenoxy) is 1. The third-order valence-electron chi connectivity index (χ3n) is 1.56. The van der Waals surface area contributed by atoms with Crippen LogP contribution in [0.4, 0.5) is 0 Å². The van der Waals surface area contributed by atoms with E-state index in [1.807, 2.05) is 20.8 Å². The quantitative estimate of drug-likeness (QED) is 0.469. The topological polar surface area (TPSA) is 50.4 Å². The number of carbonyl (C=O) groups is 1. The van der Waals surface area contributed by atoms with Gasteiger partial charge in [0.1, 0.15) is 6.10 Å². The predicted molar refractivity (Wildman–Crippen MR) is 47.5 cm³/mol. The van der Waals surface area contributed by atoms with Crippen LogP contribution in [0.15, 0.2) is 0 Å². The summed E-state index contributed by atoms with van der Waals surface area (Å²) in [6.45, 7) is 8.07. The van der Waals surface area contributed by atoms with Crippen molar-refractivity contribution in [3.8, 4) is 0 Å². The Labute approximate surface area is 73.6 Å². The summed E-state index contributed by atoms with van der Waals surface area (Å²) in [4.78, 5) is 10.6. The second-order valence-corrected chi connectivity index (χ2v) is 2.78. The van der Waals surface area contributed by atoms with Crippen molar-refractivity contribution in [3.63, 3.8) is 0 Å². The van der Waals surface area contributed by atoms with Crippen molar-refractivity contribution in [1.29, 1.82) is 0 Å². The monoisotopic (exact) mass is 174 g/mol. The number of hydrogen-bond donors (Lipinski definition) is 2. The molecule has 0 aromatic carbocycles. The first-order chi connectivity index (χ1) is 5.57. The Hall–Kier alpha value is -0.610. The van der Waals surface area contributed by atoms with Gasteiger partial charge in [0.15, 0.2) is 0 Å². The molecule has 0 spiro atoms. The van der Waals surface area contributed by atoms with E-state index in [1.165, 1.54) is 6.92 Å². The largest absolute Gasteiger partial charge is 0.461 e. The van der Waals surface area contributed by atoms with Crippen LogP contribution in [0.3, 0.4) is 0 Å². The van der Waals surface area contributed by atoms with Crippen LogP contribution < -0.4 is 10.9 Å². The highest BCUT2D eigenvalue weighted by molar-refractivity contribution is 5.66. The fourth-order valence-electron chi connectivity index (χ4n) is 0.744. The summed E-state index contributed by atoms with van der Waals surface area (Å²) in [5, 5.41) is 0. The van der Waals surface area contributed by atoms with Gasteiger partial charge in [-0.25, -0.2) is 0 Å². The molecular weight excluding hydrogens is 156 g/mol. The van der Waals surface area contributed by atoms with Crippen molar-refractivity contribution in [1.82, 2.24) is 10.9 Å². The van der Waals surface area contributed by atoms with Gasteiger partial charge in [0.2, 0.25) is 0 Å². The smallest absolute Gasteiger partial charge is 0.302 e. The molecule has 12 heavy (non-hydrogen) atoms. The first-order valence-corrected chi connectivity index (χ1v) is 4.23. The summed E-state index contributed by atoms with van der Waals surface area (Å²) in [6, 6.07) is 0.119. The Kier molecular flexibility index (Phi) is 5.66. The number of hydrazine groups is 1. The standard InChI is InChI=1S/C8H18N2O2/c1-5-9-10-6(2)7(3)12-8(4)11/h6-7,9-10H,5H2,1-4H3/t6-,7?/m0/s1. The number of esters is 1. The van der Waals surface area contributed by atoms with Gasteiger partial charge in [0.05, 0.1) is 6.04 Å². The van der Waals surface area contributed by atoms with E-state index in [0.29, 0.717) is 0 Å². The van der Waals surface area contributed by atoms with E-state index in [2.05, 4.69) is 10.9 Å². The van der Waals surface area contributed by atoms with Crippen molar-refractivity contribution >= 4 is 5.97 Å². The SMILES string of the molecule is CCNN[C@@H](C)C(C)OC(C)=O. The number of nitrogens with one attached hydrogen (secondary N) is 2. The van der Waals surface area contributed by atoms with E-state index in [1.54, 1.807) is 0 Å². The Balaban J connectivity index is 3.60. The van der Waals surface area contributed by atoms with Crippen molar-refractivity contribution in [2.24, 2.45) is 0 Å². The van der Waals surface area contributed by atoms with Gasteiger partial charge >= 0.3 is 5.97 Å². The average Bonchev–Trinajstić information content (AvgIpc) is 1.98. The Morgan fingerprint density at radius 1 is 1.50 bits per heavy atom. The van der Waals surface area contributed by atoms with Gasteiger partial charge in [0, 0.05) is 13.5 Å². The molecule has 4 nitrogen and oxygen atoms in total. The average molecular weight is 174 g/mol. The van der Waals surface area contributed by atoms with E-state index in [0.717, 1.165) is 6.54 Å². The second-order valence-electron chi connectivity index (χ2n) is 2.78. The molecule has 0 aliphatic heterocycles. The van der Waals surface area contributed by atoms with E-state index >= 15 is 0 Å². The Bertz CT molecular complexity index is 139. The van der Waals surface area contributed by atoms with Gasteiger partial charge in [-0.15, -0.1) is 0 Å². The molecule has 0 amide bonds. The summed E-state index contributed by atoms with van der Waals surface area (Å²) in [7, 11) is 0. The zero-order valence-electron chi connectivity index (χ0n) is 8.18. The highest BCUT2D eigenvalue weighted by atomic mass is 16.5. The maximum absolute atomic E-state index is 10.6. The lowest BCUT2D eigenvalue weighted by atomic mass is 10.2. The van der Waals surface area contributed by atoms with Crippen molar-refractivity contribution in [2.45, 2.75) is 39.8 Å². The Morgan fingerprint density at radius 3 is 2.50 bits per heavy atom. The molecule has 0 fully saturated rings. The first kappa shape index (κ1) is 11.4. The van der Waals surface area contributed by atoms with Gasteiger partial charge in [0.25, 0.3) is 0 Å². The van der Waals surface area contributed by atoms with Crippen molar-refractivity contribution < 1.29 is 9.53 Å². The number of rotatable bonds is 5. The third kappa shape index (κ3) is 5.09. The van der Waals surface area contributed by atoms with Gasteiger partial charge < -0.3 is 4.74 Å². The lowest BCUT2D eigenvalue weighted by Crippen LogP contribution is -2.45. The highest BCUT2D eigenvalue weighted by Crippen LogP contribution is 1.96. The fraction of sp³-hybridized carbons (Fsp3) is 0.875. The van der Waals surface area contributed by atoms with Crippen LogP contribution in [-0.2, 0) is 9.53 Å². The highest BCUT2D eigenvalue weighted by Gasteiger charge is 2.13. The molecule has 4 heteroatoms. The minimum atomic E-state index is -0.243. The Morgan fingerprint density at radius 2 is 2.08 bits per heavy atom. The molecule has 0 heterocycles. The van der Waals surface area contributed by atoms with Crippen LogP contribution in [0.25, 0.3) is 0 Å². The van der Waals surface area contributed by atoms with E-state index < -0.39 is 0 Å². The molecule has 0 bridgehead atoms. The molecule has 1 unspecified atom stereocenters. The molecule has 0 aliphatic rings. The van der Waals surface area contributed by atoms with E-state index in [9.17, 15) is 4.79 Å². The predicted octanol–water partition coefficient (Wildman–Crippen LogP) is 0.441. The lowest BCUT2D eigenvalue weighted by Gasteiger charge is -2.20. The normalized spacial score (nSPS) is 15.3. The molecule has 0 aromatic rings. The molecule has 2 atom stereocenters. The molecule has 0 rings (SSSR count). The van der Waals surface area contributed by atoms with Crippen molar-refractivity contribution in [2.75, 3.05) is 6.54 Å². The summed E-state index contributed by atoms with van der Waals surface area (Å²) in [6.07, 6.45) is -0.110. The second kappa shape index (κ2) is 5.97. The zero-order valence-corrected chi connectivity index (χ0v) is 8.18. The maximum atomic E-state index is 10.6. The molecular formula is C8H18N2O2. The molecule has 0 saturated carbocycles. The fourth-order valence-corrected chi connectivity index (χ4v) is 0.744. The number of hydrogen-bond acceptors (Lipinski definition) is 4. The molecule has 0 saturated heterocycles. The van der Waals surface area contributed by atoms with Crippen LogP contribution >= 0.6 is 0 Å². The van der Waals surface area contributed by atoms with Gasteiger partial charge in [-0.3, -0.25) is 15.6 Å². The number of carbonyl (C=O) groups excluding carboxylic acids is 1. The van der Waals surface area contributed by atoms with E-state index in [4.69, 9.17) is 4.74 Å². The van der Waals surface area contributed by atoms with Gasteiger partial charge in [-0.2, -0.15) is 0 Å². The maximum Gasteiger partial charge on any atom is 0.302 e. The van der Waals surface area contributed by atoms with Crippen molar-refractivity contribution in [3.05, 3.63) is 0 Å². The molecule has 72 valence electrons. The van der Waals surface area contributed by atoms with Gasteiger partial charge in [-0.1, -0.05) is 6.92 Å². The minimum Gasteiger partial charge on any atom is -0.461 e. The van der Waals surface area contributed by atoms with Crippen LogP contribution in [0, 0.1) is 0 Å². The van der Waals surface area contributed by atoms with Crippen LogP contribution in [0.2, 0.25) is 0 Å². The van der Waals surface area contributed by atoms with Crippen LogP contribution in [-0.4, -0.2) is 24.7 Å². The molecule has 0 radical (unpaired) electrons. The van der Waals surface area contributed by atoms with Crippen LogP contribution in [0.5, 0.6) is 0 Å². The molecule has 0 aliphatic carbocycles.